The molecule has 3 amide bonds. The van der Waals surface area contributed by atoms with Crippen molar-refractivity contribution in [3.8, 4) is 0 Å². The summed E-state index contributed by atoms with van der Waals surface area (Å²) in [6.07, 6.45) is 3.03. The van der Waals surface area contributed by atoms with Gasteiger partial charge in [0.15, 0.2) is 0 Å². The first-order valence-corrected chi connectivity index (χ1v) is 8.64. The van der Waals surface area contributed by atoms with E-state index in [9.17, 15) is 9.59 Å². The standard InChI is InChI=1S/C20H23N3O2/c1-14(21-20(25)22-16-10-3-2-4-11-16)19(24)23-18-13-7-9-15-8-5-6-12-17(15)18/h2-6,8,10-12,14,18H,7,9,13H2,1H3,(H,23,24)(H2,21,22,25)/t14-,18-/m1/s1. The van der Waals surface area contributed by atoms with E-state index in [1.54, 1.807) is 19.1 Å². The lowest BCUT2D eigenvalue weighted by Crippen LogP contribution is -2.47. The second kappa shape index (κ2) is 7.83. The van der Waals surface area contributed by atoms with Gasteiger partial charge in [-0.05, 0) is 49.4 Å². The fourth-order valence-corrected chi connectivity index (χ4v) is 3.15. The molecule has 0 saturated carbocycles. The molecule has 3 N–H and O–H groups in total. The lowest BCUT2D eigenvalue weighted by atomic mass is 9.87. The van der Waals surface area contributed by atoms with E-state index in [2.05, 4.69) is 28.1 Å². The van der Waals surface area contributed by atoms with E-state index in [1.807, 2.05) is 30.3 Å². The number of carbonyl (C=O) groups is 2. The second-order valence-corrected chi connectivity index (χ2v) is 6.34. The minimum Gasteiger partial charge on any atom is -0.348 e. The molecule has 3 rings (SSSR count). The summed E-state index contributed by atoms with van der Waals surface area (Å²) in [5.41, 5.74) is 3.17. The highest BCUT2D eigenvalue weighted by Gasteiger charge is 2.24. The van der Waals surface area contributed by atoms with Crippen LogP contribution < -0.4 is 16.0 Å². The van der Waals surface area contributed by atoms with Crippen LogP contribution in [0.3, 0.4) is 0 Å². The Bertz CT molecular complexity index is 746. The fraction of sp³-hybridized carbons (Fsp3) is 0.300. The van der Waals surface area contributed by atoms with E-state index < -0.39 is 12.1 Å². The highest BCUT2D eigenvalue weighted by atomic mass is 16.2. The number of fused-ring (bicyclic) bond motifs is 1. The topological polar surface area (TPSA) is 70.2 Å². The van der Waals surface area contributed by atoms with Gasteiger partial charge < -0.3 is 16.0 Å². The monoisotopic (exact) mass is 337 g/mol. The third kappa shape index (κ3) is 4.38. The molecule has 130 valence electrons. The molecule has 5 nitrogen and oxygen atoms in total. The van der Waals surface area contributed by atoms with E-state index in [4.69, 9.17) is 0 Å². The van der Waals surface area contributed by atoms with Crippen molar-refractivity contribution in [2.24, 2.45) is 0 Å². The van der Waals surface area contributed by atoms with Crippen LogP contribution in [0.4, 0.5) is 10.5 Å². The number of anilines is 1. The molecule has 0 fully saturated rings. The Morgan fingerprint density at radius 3 is 2.56 bits per heavy atom. The van der Waals surface area contributed by atoms with E-state index >= 15 is 0 Å². The maximum Gasteiger partial charge on any atom is 0.319 e. The van der Waals surface area contributed by atoms with Crippen molar-refractivity contribution in [3.05, 3.63) is 65.7 Å². The Hall–Kier alpha value is -2.82. The molecule has 5 heteroatoms. The first-order valence-electron chi connectivity index (χ1n) is 8.64. The molecule has 0 aromatic heterocycles. The fourth-order valence-electron chi connectivity index (χ4n) is 3.15. The zero-order valence-corrected chi connectivity index (χ0v) is 14.3. The largest absolute Gasteiger partial charge is 0.348 e. The summed E-state index contributed by atoms with van der Waals surface area (Å²) in [7, 11) is 0. The smallest absolute Gasteiger partial charge is 0.319 e. The van der Waals surface area contributed by atoms with Gasteiger partial charge in [0.2, 0.25) is 5.91 Å². The summed E-state index contributed by atoms with van der Waals surface area (Å²) >= 11 is 0. The van der Waals surface area contributed by atoms with Crippen molar-refractivity contribution >= 4 is 17.6 Å². The number of hydrogen-bond donors (Lipinski definition) is 3. The molecule has 0 saturated heterocycles. The Kier molecular flexibility index (Phi) is 5.33. The quantitative estimate of drug-likeness (QED) is 0.800. The van der Waals surface area contributed by atoms with Gasteiger partial charge in [-0.1, -0.05) is 42.5 Å². The Morgan fingerprint density at radius 2 is 1.76 bits per heavy atom. The number of rotatable bonds is 4. The molecule has 1 aliphatic carbocycles. The first-order chi connectivity index (χ1) is 12.1. The van der Waals surface area contributed by atoms with Gasteiger partial charge in [-0.15, -0.1) is 0 Å². The lowest BCUT2D eigenvalue weighted by Gasteiger charge is -2.27. The summed E-state index contributed by atoms with van der Waals surface area (Å²) in [6, 6.07) is 16.4. The van der Waals surface area contributed by atoms with E-state index in [-0.39, 0.29) is 11.9 Å². The summed E-state index contributed by atoms with van der Waals surface area (Å²) in [5, 5.41) is 8.46. The second-order valence-electron chi connectivity index (χ2n) is 6.34. The predicted octanol–water partition coefficient (Wildman–Crippen LogP) is 3.39. The van der Waals surface area contributed by atoms with Crippen molar-refractivity contribution in [2.75, 3.05) is 5.32 Å². The number of nitrogens with one attached hydrogen (secondary N) is 3. The van der Waals surface area contributed by atoms with E-state index in [0.717, 1.165) is 19.3 Å². The van der Waals surface area contributed by atoms with Gasteiger partial charge in [0, 0.05) is 5.69 Å². The number of urea groups is 1. The zero-order chi connectivity index (χ0) is 17.6. The third-order valence-electron chi connectivity index (χ3n) is 4.46. The lowest BCUT2D eigenvalue weighted by molar-refractivity contribution is -0.123. The highest BCUT2D eigenvalue weighted by Crippen LogP contribution is 2.29. The maximum absolute atomic E-state index is 12.5. The van der Waals surface area contributed by atoms with Crippen molar-refractivity contribution in [1.29, 1.82) is 0 Å². The van der Waals surface area contributed by atoms with E-state index in [0.29, 0.717) is 5.69 Å². The predicted molar refractivity (Wildman–Crippen MR) is 98.3 cm³/mol. The van der Waals surface area contributed by atoms with Crippen LogP contribution in [0.2, 0.25) is 0 Å². The van der Waals surface area contributed by atoms with Crippen LogP contribution in [0.5, 0.6) is 0 Å². The normalized spacial score (nSPS) is 17.1. The average molecular weight is 337 g/mol. The van der Waals surface area contributed by atoms with Gasteiger partial charge >= 0.3 is 6.03 Å². The zero-order valence-electron chi connectivity index (χ0n) is 14.3. The SMILES string of the molecule is C[C@@H](NC(=O)Nc1ccccc1)C(=O)N[C@@H]1CCCc2ccccc21. The molecular formula is C20H23N3O2. The summed E-state index contributed by atoms with van der Waals surface area (Å²) < 4.78 is 0. The minimum absolute atomic E-state index is 0.0129. The van der Waals surface area contributed by atoms with Crippen LogP contribution in [-0.2, 0) is 11.2 Å². The van der Waals surface area contributed by atoms with Crippen LogP contribution in [0.1, 0.15) is 36.9 Å². The van der Waals surface area contributed by atoms with Crippen molar-refractivity contribution in [1.82, 2.24) is 10.6 Å². The van der Waals surface area contributed by atoms with Crippen LogP contribution >= 0.6 is 0 Å². The number of para-hydroxylation sites is 1. The van der Waals surface area contributed by atoms with Crippen molar-refractivity contribution in [2.45, 2.75) is 38.3 Å². The molecule has 0 bridgehead atoms. The number of aryl methyl sites for hydroxylation is 1. The van der Waals surface area contributed by atoms with Gasteiger partial charge in [-0.2, -0.15) is 0 Å². The van der Waals surface area contributed by atoms with Gasteiger partial charge in [0.1, 0.15) is 6.04 Å². The van der Waals surface area contributed by atoms with Crippen LogP contribution in [0.15, 0.2) is 54.6 Å². The molecule has 0 unspecified atom stereocenters. The van der Waals surface area contributed by atoms with Gasteiger partial charge in [-0.25, -0.2) is 4.79 Å². The molecule has 0 radical (unpaired) electrons. The Balaban J connectivity index is 1.55. The number of carbonyl (C=O) groups excluding carboxylic acids is 2. The molecular weight excluding hydrogens is 314 g/mol. The molecule has 0 spiro atoms. The Labute approximate surface area is 147 Å². The molecule has 0 heterocycles. The van der Waals surface area contributed by atoms with Crippen LogP contribution in [0, 0.1) is 0 Å². The van der Waals surface area contributed by atoms with Gasteiger partial charge in [0.05, 0.1) is 6.04 Å². The summed E-state index contributed by atoms with van der Waals surface area (Å²) in [6.45, 7) is 1.69. The summed E-state index contributed by atoms with van der Waals surface area (Å²) in [5.74, 6) is -0.176. The molecule has 2 aromatic carbocycles. The van der Waals surface area contributed by atoms with Gasteiger partial charge in [0.25, 0.3) is 0 Å². The van der Waals surface area contributed by atoms with Crippen molar-refractivity contribution < 1.29 is 9.59 Å². The number of benzene rings is 2. The molecule has 2 aromatic rings. The van der Waals surface area contributed by atoms with Crippen molar-refractivity contribution in [3.63, 3.8) is 0 Å². The highest BCUT2D eigenvalue weighted by molar-refractivity contribution is 5.93. The third-order valence-corrected chi connectivity index (χ3v) is 4.46. The van der Waals surface area contributed by atoms with Crippen LogP contribution in [0.25, 0.3) is 0 Å². The van der Waals surface area contributed by atoms with Crippen LogP contribution in [-0.4, -0.2) is 18.0 Å². The number of hydrogen-bond acceptors (Lipinski definition) is 2. The molecule has 2 atom stereocenters. The molecule has 0 aliphatic heterocycles. The maximum atomic E-state index is 12.5. The Morgan fingerprint density at radius 1 is 1.04 bits per heavy atom. The minimum atomic E-state index is -0.613. The average Bonchev–Trinajstić information content (AvgIpc) is 2.62. The van der Waals surface area contributed by atoms with Gasteiger partial charge in [-0.3, -0.25) is 4.79 Å². The first kappa shape index (κ1) is 17.0. The van der Waals surface area contributed by atoms with E-state index in [1.165, 1.54) is 11.1 Å². The number of amides is 3. The summed E-state index contributed by atoms with van der Waals surface area (Å²) in [4.78, 5) is 24.5. The molecule has 25 heavy (non-hydrogen) atoms. The molecule has 1 aliphatic rings.